The van der Waals surface area contributed by atoms with E-state index >= 15 is 0 Å². The fourth-order valence-corrected chi connectivity index (χ4v) is 3.96. The van der Waals surface area contributed by atoms with Crippen LogP contribution in [-0.4, -0.2) is 45.9 Å². The van der Waals surface area contributed by atoms with Crippen molar-refractivity contribution in [3.63, 3.8) is 0 Å². The van der Waals surface area contributed by atoms with Crippen molar-refractivity contribution in [3.8, 4) is 5.75 Å². The third-order valence-corrected chi connectivity index (χ3v) is 5.59. The van der Waals surface area contributed by atoms with Crippen LogP contribution in [0.3, 0.4) is 0 Å². The fraction of sp³-hybridized carbons (Fsp3) is 0.296. The molecule has 34 heavy (non-hydrogen) atoms. The first-order chi connectivity index (χ1) is 16.4. The van der Waals surface area contributed by atoms with E-state index in [1.54, 1.807) is 30.3 Å². The van der Waals surface area contributed by atoms with Gasteiger partial charge in [0.2, 0.25) is 0 Å². The maximum absolute atomic E-state index is 13.2. The molecule has 7 nitrogen and oxygen atoms in total. The van der Waals surface area contributed by atoms with Crippen LogP contribution < -0.4 is 4.74 Å². The van der Waals surface area contributed by atoms with E-state index in [1.807, 2.05) is 37.3 Å². The maximum Gasteiger partial charge on any atom is 0.303 e. The minimum absolute atomic E-state index is 0.0341. The molecule has 2 aromatic rings. The molecule has 0 saturated carbocycles. The largest absolute Gasteiger partial charge is 0.503 e. The molecule has 1 atom stereocenters. The molecule has 0 fully saturated rings. The van der Waals surface area contributed by atoms with Gasteiger partial charge in [-0.15, -0.1) is 0 Å². The van der Waals surface area contributed by atoms with Crippen LogP contribution in [0.1, 0.15) is 49.8 Å². The van der Waals surface area contributed by atoms with E-state index in [0.717, 1.165) is 5.56 Å². The highest BCUT2D eigenvalue weighted by atomic mass is 16.5. The molecule has 1 heterocycles. The van der Waals surface area contributed by atoms with Crippen molar-refractivity contribution < 1.29 is 29.3 Å². The van der Waals surface area contributed by atoms with Crippen LogP contribution in [0.25, 0.3) is 6.08 Å². The van der Waals surface area contributed by atoms with Crippen molar-refractivity contribution >= 4 is 23.7 Å². The number of unbranched alkanes of at least 4 members (excludes halogenated alkanes) is 2. The Morgan fingerprint density at radius 1 is 1.03 bits per heavy atom. The molecule has 0 spiro atoms. The van der Waals surface area contributed by atoms with Crippen molar-refractivity contribution in [2.75, 3.05) is 13.2 Å². The molecule has 1 aliphatic rings. The summed E-state index contributed by atoms with van der Waals surface area (Å²) in [6, 6.07) is 15.7. The highest BCUT2D eigenvalue weighted by molar-refractivity contribution is 6.14. The molecule has 0 aliphatic carbocycles. The van der Waals surface area contributed by atoms with Gasteiger partial charge in [0, 0.05) is 13.0 Å². The molecule has 0 bridgehead atoms. The molecule has 0 radical (unpaired) electrons. The number of hydrogen-bond acceptors (Lipinski definition) is 5. The Labute approximate surface area is 199 Å². The number of nitrogens with zero attached hydrogens (tertiary/aromatic N) is 1. The molecule has 1 amide bonds. The Morgan fingerprint density at radius 3 is 2.38 bits per heavy atom. The minimum Gasteiger partial charge on any atom is -0.503 e. The van der Waals surface area contributed by atoms with Gasteiger partial charge in [-0.05, 0) is 49.1 Å². The summed E-state index contributed by atoms with van der Waals surface area (Å²) in [6.07, 6.45) is 4.75. The Balaban J connectivity index is 1.86. The van der Waals surface area contributed by atoms with E-state index in [4.69, 9.17) is 9.84 Å². The zero-order valence-electron chi connectivity index (χ0n) is 19.1. The molecular formula is C27H29NO6. The number of ketones is 1. The van der Waals surface area contributed by atoms with Crippen LogP contribution >= 0.6 is 0 Å². The number of benzene rings is 2. The van der Waals surface area contributed by atoms with Crippen LogP contribution in [0.4, 0.5) is 0 Å². The predicted molar refractivity (Wildman–Crippen MR) is 128 cm³/mol. The normalized spacial score (nSPS) is 15.9. The summed E-state index contributed by atoms with van der Waals surface area (Å²) < 4.78 is 5.50. The SMILES string of the molecule is CCOc1ccc([C@H]2C(C(=O)/C=C/c3ccccc3)=C(O)C(=O)N2CCCCCC(=O)O)cc1. The maximum atomic E-state index is 13.2. The number of allylic oxidation sites excluding steroid dienone is 1. The average molecular weight is 464 g/mol. The zero-order valence-corrected chi connectivity index (χ0v) is 19.1. The first-order valence-electron chi connectivity index (χ1n) is 11.4. The third kappa shape index (κ3) is 6.13. The fourth-order valence-electron chi connectivity index (χ4n) is 3.96. The van der Waals surface area contributed by atoms with Gasteiger partial charge in [0.15, 0.2) is 11.5 Å². The molecule has 0 unspecified atom stereocenters. The van der Waals surface area contributed by atoms with Gasteiger partial charge in [0.1, 0.15) is 5.75 Å². The van der Waals surface area contributed by atoms with E-state index in [1.165, 1.54) is 11.0 Å². The van der Waals surface area contributed by atoms with Crippen molar-refractivity contribution in [1.82, 2.24) is 4.90 Å². The van der Waals surface area contributed by atoms with Gasteiger partial charge in [-0.2, -0.15) is 0 Å². The summed E-state index contributed by atoms with van der Waals surface area (Å²) in [7, 11) is 0. The first-order valence-corrected chi connectivity index (χ1v) is 11.4. The Bertz CT molecular complexity index is 1070. The Hall–Kier alpha value is -3.87. The monoisotopic (exact) mass is 463 g/mol. The molecule has 178 valence electrons. The van der Waals surface area contributed by atoms with Crippen LogP contribution in [0, 0.1) is 0 Å². The van der Waals surface area contributed by atoms with Gasteiger partial charge in [-0.25, -0.2) is 0 Å². The zero-order chi connectivity index (χ0) is 24.5. The van der Waals surface area contributed by atoms with Crippen molar-refractivity contribution in [3.05, 3.63) is 83.1 Å². The number of aliphatic hydroxyl groups is 1. The molecule has 0 saturated heterocycles. The number of aliphatic hydroxyl groups excluding tert-OH is 1. The third-order valence-electron chi connectivity index (χ3n) is 5.59. The second-order valence-corrected chi connectivity index (χ2v) is 7.98. The lowest BCUT2D eigenvalue weighted by Gasteiger charge is -2.26. The highest BCUT2D eigenvalue weighted by Crippen LogP contribution is 2.38. The standard InChI is InChI=1S/C27H29NO6/c1-2-34-21-15-13-20(14-16-21)25-24(22(29)17-12-19-9-5-3-6-10-19)26(32)27(33)28(25)18-8-4-7-11-23(30)31/h3,5-6,9-10,12-17,25,32H,2,4,7-8,11,18H2,1H3,(H,30,31)/b17-12+/t25-/m0/s1. The summed E-state index contributed by atoms with van der Waals surface area (Å²) in [4.78, 5) is 38.3. The number of carbonyl (C=O) groups is 3. The number of ether oxygens (including phenoxy) is 1. The van der Waals surface area contributed by atoms with Crippen molar-refractivity contribution in [2.24, 2.45) is 0 Å². The lowest BCUT2D eigenvalue weighted by Crippen LogP contribution is -2.32. The second kappa shape index (κ2) is 11.8. The topological polar surface area (TPSA) is 104 Å². The van der Waals surface area contributed by atoms with Crippen LogP contribution in [-0.2, 0) is 14.4 Å². The molecule has 0 aromatic heterocycles. The summed E-state index contributed by atoms with van der Waals surface area (Å²) >= 11 is 0. The second-order valence-electron chi connectivity index (χ2n) is 7.98. The number of carboxylic acids is 1. The molecule has 7 heteroatoms. The summed E-state index contributed by atoms with van der Waals surface area (Å²) in [5.41, 5.74) is 1.54. The summed E-state index contributed by atoms with van der Waals surface area (Å²) in [5.74, 6) is -1.79. The number of aliphatic carboxylic acids is 1. The number of hydrogen-bond donors (Lipinski definition) is 2. The van der Waals surface area contributed by atoms with E-state index in [9.17, 15) is 19.5 Å². The lowest BCUT2D eigenvalue weighted by molar-refractivity contribution is -0.137. The number of carbonyl (C=O) groups excluding carboxylic acids is 2. The molecule has 1 aliphatic heterocycles. The van der Waals surface area contributed by atoms with E-state index in [0.29, 0.717) is 43.7 Å². The van der Waals surface area contributed by atoms with Gasteiger partial charge in [0.05, 0.1) is 18.2 Å². The van der Waals surface area contributed by atoms with Gasteiger partial charge in [-0.3, -0.25) is 14.4 Å². The molecule has 2 N–H and O–H groups in total. The summed E-state index contributed by atoms with van der Waals surface area (Å²) in [6.45, 7) is 2.68. The first kappa shape index (κ1) is 24.8. The molecular weight excluding hydrogens is 434 g/mol. The Kier molecular flexibility index (Phi) is 8.62. The van der Waals surface area contributed by atoms with Gasteiger partial charge in [-0.1, -0.05) is 55.0 Å². The van der Waals surface area contributed by atoms with Crippen LogP contribution in [0.2, 0.25) is 0 Å². The molecule has 2 aromatic carbocycles. The smallest absolute Gasteiger partial charge is 0.303 e. The number of rotatable bonds is 12. The predicted octanol–water partition coefficient (Wildman–Crippen LogP) is 4.71. The van der Waals surface area contributed by atoms with E-state index in [-0.39, 0.29) is 12.0 Å². The average Bonchev–Trinajstić information content (AvgIpc) is 3.08. The van der Waals surface area contributed by atoms with Crippen molar-refractivity contribution in [1.29, 1.82) is 0 Å². The van der Waals surface area contributed by atoms with Crippen molar-refractivity contribution in [2.45, 2.75) is 38.6 Å². The summed E-state index contributed by atoms with van der Waals surface area (Å²) in [5, 5.41) is 19.5. The number of amides is 1. The van der Waals surface area contributed by atoms with Crippen LogP contribution in [0.15, 0.2) is 72.0 Å². The van der Waals surface area contributed by atoms with Gasteiger partial charge >= 0.3 is 5.97 Å². The van der Waals surface area contributed by atoms with Gasteiger partial charge < -0.3 is 19.8 Å². The van der Waals surface area contributed by atoms with E-state index in [2.05, 4.69) is 0 Å². The quantitative estimate of drug-likeness (QED) is 0.349. The number of carboxylic acid groups (broad SMARTS) is 1. The minimum atomic E-state index is -0.859. The van der Waals surface area contributed by atoms with E-state index < -0.39 is 29.5 Å². The van der Waals surface area contributed by atoms with Gasteiger partial charge in [0.25, 0.3) is 5.91 Å². The highest BCUT2D eigenvalue weighted by Gasteiger charge is 2.42. The Morgan fingerprint density at radius 2 is 1.74 bits per heavy atom. The lowest BCUT2D eigenvalue weighted by atomic mass is 9.95. The molecule has 3 rings (SSSR count). The van der Waals surface area contributed by atoms with Crippen LogP contribution in [0.5, 0.6) is 5.75 Å².